The molecular formula is C19H15F4N5O. The molecule has 0 saturated heterocycles. The third kappa shape index (κ3) is 3.37. The maximum Gasteiger partial charge on any atom is 0.416 e. The zero-order chi connectivity index (χ0) is 20.8. The molecule has 1 N–H and O–H groups in total. The number of benzene rings is 1. The summed E-state index contributed by atoms with van der Waals surface area (Å²) in [6.45, 7) is 0. The van der Waals surface area contributed by atoms with Gasteiger partial charge in [-0.15, -0.1) is 0 Å². The lowest BCUT2D eigenvalue weighted by Gasteiger charge is -2.28. The van der Waals surface area contributed by atoms with Gasteiger partial charge in [0.2, 0.25) is 11.8 Å². The highest BCUT2D eigenvalue weighted by Crippen LogP contribution is 2.34. The summed E-state index contributed by atoms with van der Waals surface area (Å²) >= 11 is 0. The molecule has 10 heteroatoms. The van der Waals surface area contributed by atoms with E-state index in [4.69, 9.17) is 4.74 Å². The predicted molar refractivity (Wildman–Crippen MR) is 98.2 cm³/mol. The van der Waals surface area contributed by atoms with Gasteiger partial charge in [0.15, 0.2) is 5.82 Å². The van der Waals surface area contributed by atoms with Crippen molar-refractivity contribution in [3.63, 3.8) is 0 Å². The molecule has 0 saturated carbocycles. The van der Waals surface area contributed by atoms with Gasteiger partial charge in [0.25, 0.3) is 0 Å². The minimum atomic E-state index is -4.51. The molecule has 0 radical (unpaired) electrons. The highest BCUT2D eigenvalue weighted by molar-refractivity contribution is 5.85. The minimum absolute atomic E-state index is 0.104. The van der Waals surface area contributed by atoms with Crippen LogP contribution in [0.25, 0.3) is 28.4 Å². The Kier molecular flexibility index (Phi) is 4.40. The summed E-state index contributed by atoms with van der Waals surface area (Å²) in [4.78, 5) is 8.15. The van der Waals surface area contributed by atoms with Crippen molar-refractivity contribution in [2.24, 2.45) is 0 Å². The van der Waals surface area contributed by atoms with Crippen molar-refractivity contribution in [3.8, 4) is 11.5 Å². The van der Waals surface area contributed by atoms with Gasteiger partial charge in [0, 0.05) is 13.1 Å². The van der Waals surface area contributed by atoms with Gasteiger partial charge >= 0.3 is 6.18 Å². The Balaban J connectivity index is 1.97. The Morgan fingerprint density at radius 2 is 1.86 bits per heavy atom. The van der Waals surface area contributed by atoms with Gasteiger partial charge in [-0.1, -0.05) is 6.07 Å². The van der Waals surface area contributed by atoms with Crippen molar-refractivity contribution >= 4 is 16.9 Å². The van der Waals surface area contributed by atoms with E-state index in [9.17, 15) is 17.6 Å². The molecule has 2 aromatic heterocycles. The van der Waals surface area contributed by atoms with Crippen LogP contribution >= 0.6 is 0 Å². The van der Waals surface area contributed by atoms with Crippen LogP contribution in [-0.4, -0.2) is 33.7 Å². The van der Waals surface area contributed by atoms with Crippen LogP contribution < -0.4 is 5.43 Å². The number of allylic oxidation sites excluding steroid dienone is 2. The van der Waals surface area contributed by atoms with E-state index in [1.54, 1.807) is 28.8 Å². The van der Waals surface area contributed by atoms with Crippen LogP contribution in [-0.2, 0) is 10.9 Å². The molecule has 0 spiro atoms. The predicted octanol–water partition coefficient (Wildman–Crippen LogP) is 3.99. The zero-order valence-electron chi connectivity index (χ0n) is 15.3. The third-order valence-corrected chi connectivity index (χ3v) is 4.37. The van der Waals surface area contributed by atoms with Crippen LogP contribution in [0.15, 0.2) is 54.4 Å². The van der Waals surface area contributed by atoms with Gasteiger partial charge in [0.1, 0.15) is 11.5 Å². The van der Waals surface area contributed by atoms with Crippen LogP contribution in [0.2, 0.25) is 0 Å². The highest BCUT2D eigenvalue weighted by Gasteiger charge is 2.31. The fourth-order valence-electron chi connectivity index (χ4n) is 3.06. The smallest absolute Gasteiger partial charge is 0.416 e. The molecule has 1 aliphatic heterocycles. The van der Waals surface area contributed by atoms with E-state index in [0.717, 1.165) is 12.1 Å². The van der Waals surface area contributed by atoms with Gasteiger partial charge in [-0.25, -0.2) is 9.97 Å². The molecule has 1 aliphatic rings. The summed E-state index contributed by atoms with van der Waals surface area (Å²) in [6, 6.07) is 7.43. The SMILES string of the molecule is COC1=CC=C(n2c(-c3cccc(F)n3)nc3cc(C(F)(F)F)ccc32)NN1C. The first-order valence-corrected chi connectivity index (χ1v) is 8.47. The van der Waals surface area contributed by atoms with Crippen molar-refractivity contribution in [2.75, 3.05) is 14.2 Å². The van der Waals surface area contributed by atoms with Crippen molar-refractivity contribution < 1.29 is 22.3 Å². The maximum absolute atomic E-state index is 13.7. The van der Waals surface area contributed by atoms with Crippen molar-refractivity contribution in [1.29, 1.82) is 0 Å². The number of rotatable bonds is 3. The highest BCUT2D eigenvalue weighted by atomic mass is 19.4. The van der Waals surface area contributed by atoms with Gasteiger partial charge < -0.3 is 4.74 Å². The Labute approximate surface area is 162 Å². The van der Waals surface area contributed by atoms with Crippen molar-refractivity contribution in [2.45, 2.75) is 6.18 Å². The molecule has 0 bridgehead atoms. The Bertz CT molecular complexity index is 1150. The molecule has 3 heterocycles. The lowest BCUT2D eigenvalue weighted by molar-refractivity contribution is -0.137. The van der Waals surface area contributed by atoms with E-state index in [0.29, 0.717) is 17.2 Å². The second-order valence-corrected chi connectivity index (χ2v) is 6.25. The van der Waals surface area contributed by atoms with Gasteiger partial charge in [-0.2, -0.15) is 17.6 Å². The number of methoxy groups -OCH3 is 1. The molecule has 0 atom stereocenters. The number of aromatic nitrogens is 3. The quantitative estimate of drug-likeness (QED) is 0.528. The maximum atomic E-state index is 13.7. The first-order chi connectivity index (χ1) is 13.8. The number of imidazole rings is 1. The first-order valence-electron chi connectivity index (χ1n) is 8.47. The average Bonchev–Trinajstić information content (AvgIpc) is 3.06. The molecule has 4 rings (SSSR count). The van der Waals surface area contributed by atoms with E-state index >= 15 is 0 Å². The monoisotopic (exact) mass is 405 g/mol. The normalized spacial score (nSPS) is 14.5. The number of alkyl halides is 3. The summed E-state index contributed by atoms with van der Waals surface area (Å²) in [6.07, 6.45) is -1.14. The molecule has 0 fully saturated rings. The fraction of sp³-hybridized carbons (Fsp3) is 0.158. The summed E-state index contributed by atoms with van der Waals surface area (Å²) in [5.74, 6) is 0.487. The standard InChI is InChI=1S/C19H15F4N5O/c1-27-17(29-2)9-8-16(26-27)28-14-7-6-11(19(21,22)23)10-13(14)25-18(28)12-4-3-5-15(20)24-12/h3-10,26H,1-2H3. The molecule has 150 valence electrons. The Hall–Kier alpha value is -3.56. The second kappa shape index (κ2) is 6.80. The number of pyridine rings is 1. The van der Waals surface area contributed by atoms with Gasteiger partial charge in [-0.05, 0) is 36.4 Å². The summed E-state index contributed by atoms with van der Waals surface area (Å²) in [7, 11) is 3.22. The number of ether oxygens (including phenoxy) is 1. The number of fused-ring (bicyclic) bond motifs is 1. The van der Waals surface area contributed by atoms with E-state index in [-0.39, 0.29) is 17.0 Å². The number of nitrogens with one attached hydrogen (secondary N) is 1. The molecular weight excluding hydrogens is 390 g/mol. The van der Waals surface area contributed by atoms with Crippen LogP contribution in [0, 0.1) is 5.95 Å². The minimum Gasteiger partial charge on any atom is -0.481 e. The van der Waals surface area contributed by atoms with E-state index in [1.165, 1.54) is 31.4 Å². The van der Waals surface area contributed by atoms with E-state index in [1.807, 2.05) is 0 Å². The number of nitrogens with zero attached hydrogens (tertiary/aromatic N) is 4. The Morgan fingerprint density at radius 1 is 1.07 bits per heavy atom. The van der Waals surface area contributed by atoms with Crippen LogP contribution in [0.5, 0.6) is 0 Å². The van der Waals surface area contributed by atoms with Gasteiger partial charge in [-0.3, -0.25) is 15.0 Å². The zero-order valence-corrected chi connectivity index (χ0v) is 15.3. The number of hydrogen-bond donors (Lipinski definition) is 1. The third-order valence-electron chi connectivity index (χ3n) is 4.37. The molecule has 3 aromatic rings. The van der Waals surface area contributed by atoms with Crippen molar-refractivity contribution in [1.82, 2.24) is 25.0 Å². The van der Waals surface area contributed by atoms with Crippen LogP contribution in [0.4, 0.5) is 17.6 Å². The van der Waals surface area contributed by atoms with E-state index in [2.05, 4.69) is 15.4 Å². The second-order valence-electron chi connectivity index (χ2n) is 6.25. The summed E-state index contributed by atoms with van der Waals surface area (Å²) < 4.78 is 59.9. The molecule has 0 aliphatic carbocycles. The lowest BCUT2D eigenvalue weighted by atomic mass is 10.2. The molecule has 0 unspecified atom stereocenters. The largest absolute Gasteiger partial charge is 0.481 e. The summed E-state index contributed by atoms with van der Waals surface area (Å²) in [5.41, 5.74) is 2.93. The first kappa shape index (κ1) is 18.8. The van der Waals surface area contributed by atoms with Crippen molar-refractivity contribution in [3.05, 3.63) is 65.9 Å². The number of hydrogen-bond acceptors (Lipinski definition) is 5. The van der Waals surface area contributed by atoms with E-state index < -0.39 is 17.7 Å². The number of halogens is 4. The molecule has 0 amide bonds. The summed E-state index contributed by atoms with van der Waals surface area (Å²) in [5, 5.41) is 1.59. The average molecular weight is 405 g/mol. The lowest BCUT2D eigenvalue weighted by Crippen LogP contribution is -2.37. The Morgan fingerprint density at radius 3 is 2.52 bits per heavy atom. The van der Waals surface area contributed by atoms with Gasteiger partial charge in [0.05, 0.1) is 23.7 Å². The topological polar surface area (TPSA) is 55.2 Å². The fourth-order valence-corrected chi connectivity index (χ4v) is 3.06. The number of hydrazine groups is 1. The molecule has 29 heavy (non-hydrogen) atoms. The van der Waals surface area contributed by atoms with Crippen LogP contribution in [0.1, 0.15) is 5.56 Å². The van der Waals surface area contributed by atoms with Crippen LogP contribution in [0.3, 0.4) is 0 Å². The molecule has 6 nitrogen and oxygen atoms in total. The molecule has 1 aromatic carbocycles.